The van der Waals surface area contributed by atoms with Crippen LogP contribution in [0.15, 0.2) is 46.4 Å². The highest BCUT2D eigenvalue weighted by molar-refractivity contribution is 9.10. The Morgan fingerprint density at radius 2 is 1.81 bits per heavy atom. The normalized spacial score (nSPS) is 21.6. The zero-order valence-corrected chi connectivity index (χ0v) is 20.5. The van der Waals surface area contributed by atoms with Gasteiger partial charge in [0.2, 0.25) is 0 Å². The van der Waals surface area contributed by atoms with Gasteiger partial charge in [0.25, 0.3) is 11.8 Å². The molecule has 4 rings (SSSR count). The number of carbonyl (C=O) groups is 3. The second-order valence-electron chi connectivity index (χ2n) is 8.84. The third kappa shape index (κ3) is 3.84. The van der Waals surface area contributed by atoms with Crippen LogP contribution in [0.4, 0.5) is 16.2 Å². The van der Waals surface area contributed by atoms with E-state index in [1.807, 2.05) is 19.2 Å². The van der Waals surface area contributed by atoms with Gasteiger partial charge in [-0.05, 0) is 79.8 Å². The van der Waals surface area contributed by atoms with Crippen LogP contribution in [0.1, 0.15) is 44.2 Å². The Morgan fingerprint density at radius 1 is 1.16 bits per heavy atom. The number of halogens is 2. The predicted molar refractivity (Wildman–Crippen MR) is 130 cm³/mol. The molecule has 0 spiro atoms. The minimum absolute atomic E-state index is 0.0134. The first-order chi connectivity index (χ1) is 15.0. The SMILES string of the molecule is CC1CC(C)(C)N(C)c2cc(Cl)c(/C=C3\C(=O)NC(=O)N(c4ccc(Br)cc4)C3=O)cc21. The number of benzene rings is 2. The van der Waals surface area contributed by atoms with E-state index in [4.69, 9.17) is 11.6 Å². The van der Waals surface area contributed by atoms with Crippen LogP contribution in [-0.4, -0.2) is 30.4 Å². The maximum Gasteiger partial charge on any atom is 0.335 e. The van der Waals surface area contributed by atoms with E-state index in [0.717, 1.165) is 27.0 Å². The highest BCUT2D eigenvalue weighted by Gasteiger charge is 2.38. The molecule has 166 valence electrons. The molecule has 2 aromatic carbocycles. The third-order valence-electron chi connectivity index (χ3n) is 6.24. The fourth-order valence-corrected chi connectivity index (χ4v) is 4.83. The minimum atomic E-state index is -0.784. The maximum absolute atomic E-state index is 13.2. The Balaban J connectivity index is 1.77. The summed E-state index contributed by atoms with van der Waals surface area (Å²) in [7, 11) is 2.04. The van der Waals surface area contributed by atoms with E-state index in [1.54, 1.807) is 24.3 Å². The molecule has 2 heterocycles. The van der Waals surface area contributed by atoms with Crippen molar-refractivity contribution in [1.29, 1.82) is 0 Å². The Morgan fingerprint density at radius 3 is 2.47 bits per heavy atom. The number of hydrogen-bond donors (Lipinski definition) is 1. The number of anilines is 2. The average molecular weight is 517 g/mol. The van der Waals surface area contributed by atoms with Crippen LogP contribution in [0.2, 0.25) is 5.02 Å². The van der Waals surface area contributed by atoms with Gasteiger partial charge in [0.05, 0.1) is 5.69 Å². The Kier molecular flexibility index (Phi) is 5.67. The van der Waals surface area contributed by atoms with Gasteiger partial charge in [-0.25, -0.2) is 9.69 Å². The summed E-state index contributed by atoms with van der Waals surface area (Å²) in [5, 5.41) is 2.68. The molecule has 4 amide bonds. The molecule has 1 unspecified atom stereocenters. The first-order valence-corrected chi connectivity index (χ1v) is 11.4. The van der Waals surface area contributed by atoms with Crippen molar-refractivity contribution in [3.63, 3.8) is 0 Å². The first-order valence-electron chi connectivity index (χ1n) is 10.2. The molecule has 0 aliphatic carbocycles. The summed E-state index contributed by atoms with van der Waals surface area (Å²) in [6.07, 6.45) is 2.42. The molecule has 0 aromatic heterocycles. The zero-order chi connectivity index (χ0) is 23.4. The van der Waals surface area contributed by atoms with Gasteiger partial charge in [-0.2, -0.15) is 0 Å². The summed E-state index contributed by atoms with van der Waals surface area (Å²) < 4.78 is 0.807. The molecule has 32 heavy (non-hydrogen) atoms. The topological polar surface area (TPSA) is 69.7 Å². The monoisotopic (exact) mass is 515 g/mol. The van der Waals surface area contributed by atoms with Crippen molar-refractivity contribution in [2.24, 2.45) is 0 Å². The van der Waals surface area contributed by atoms with Crippen molar-refractivity contribution in [3.8, 4) is 0 Å². The summed E-state index contributed by atoms with van der Waals surface area (Å²) >= 11 is 9.91. The van der Waals surface area contributed by atoms with Gasteiger partial charge in [0.15, 0.2) is 0 Å². The quantitative estimate of drug-likeness (QED) is 0.423. The fourth-order valence-electron chi connectivity index (χ4n) is 4.35. The Bertz CT molecular complexity index is 1170. The predicted octanol–water partition coefficient (Wildman–Crippen LogP) is 5.49. The third-order valence-corrected chi connectivity index (χ3v) is 7.09. The van der Waals surface area contributed by atoms with E-state index in [2.05, 4.69) is 46.9 Å². The summed E-state index contributed by atoms with van der Waals surface area (Å²) in [5.74, 6) is -1.16. The standard InChI is InChI=1S/C24H23BrClN3O3/c1-13-12-24(2,3)28(4)20-11-19(26)14(9-17(13)20)10-18-21(30)27-23(32)29(22(18)31)16-7-5-15(25)6-8-16/h5-11,13H,12H2,1-4H3,(H,27,30,32)/b18-10+. The molecule has 1 atom stereocenters. The van der Waals surface area contributed by atoms with Gasteiger partial charge >= 0.3 is 6.03 Å². The Labute approximate surface area is 200 Å². The average Bonchev–Trinajstić information content (AvgIpc) is 2.71. The number of imide groups is 2. The van der Waals surface area contributed by atoms with E-state index < -0.39 is 17.8 Å². The van der Waals surface area contributed by atoms with Crippen molar-refractivity contribution in [3.05, 3.63) is 62.6 Å². The lowest BCUT2D eigenvalue weighted by atomic mass is 9.80. The van der Waals surface area contributed by atoms with Crippen molar-refractivity contribution < 1.29 is 14.4 Å². The largest absolute Gasteiger partial charge is 0.369 e. The van der Waals surface area contributed by atoms with Crippen LogP contribution >= 0.6 is 27.5 Å². The number of hydrogen-bond acceptors (Lipinski definition) is 4. The van der Waals surface area contributed by atoms with Crippen LogP contribution in [-0.2, 0) is 9.59 Å². The highest BCUT2D eigenvalue weighted by Crippen LogP contribution is 2.44. The molecule has 1 N–H and O–H groups in total. The number of fused-ring (bicyclic) bond motifs is 1. The zero-order valence-electron chi connectivity index (χ0n) is 18.2. The number of barbiturate groups is 1. The van der Waals surface area contributed by atoms with E-state index in [-0.39, 0.29) is 17.0 Å². The minimum Gasteiger partial charge on any atom is -0.369 e. The number of amides is 4. The molecule has 2 aliphatic heterocycles. The lowest BCUT2D eigenvalue weighted by molar-refractivity contribution is -0.122. The molecule has 8 heteroatoms. The molecule has 6 nitrogen and oxygen atoms in total. The summed E-state index contributed by atoms with van der Waals surface area (Å²) in [4.78, 5) is 41.3. The number of nitrogens with zero attached hydrogens (tertiary/aromatic N) is 2. The van der Waals surface area contributed by atoms with Crippen LogP contribution in [0.3, 0.4) is 0 Å². The fraction of sp³-hybridized carbons (Fsp3) is 0.292. The molecule has 0 bridgehead atoms. The number of rotatable bonds is 2. The Hall–Kier alpha value is -2.64. The lowest BCUT2D eigenvalue weighted by Crippen LogP contribution is -2.54. The number of urea groups is 1. The summed E-state index contributed by atoms with van der Waals surface area (Å²) in [6.45, 7) is 6.54. The van der Waals surface area contributed by atoms with Gasteiger partial charge in [-0.1, -0.05) is 34.5 Å². The summed E-state index contributed by atoms with van der Waals surface area (Å²) in [6, 6.07) is 9.71. The van der Waals surface area contributed by atoms with Gasteiger partial charge in [0.1, 0.15) is 5.57 Å². The summed E-state index contributed by atoms with van der Waals surface area (Å²) in [5.41, 5.74) is 2.91. The molecule has 2 aromatic rings. The number of carbonyl (C=O) groups excluding carboxylic acids is 3. The van der Waals surface area contributed by atoms with Gasteiger partial charge < -0.3 is 4.90 Å². The van der Waals surface area contributed by atoms with Gasteiger partial charge in [-0.3, -0.25) is 14.9 Å². The molecule has 1 saturated heterocycles. The molecule has 0 radical (unpaired) electrons. The smallest absolute Gasteiger partial charge is 0.335 e. The van der Waals surface area contributed by atoms with E-state index in [9.17, 15) is 14.4 Å². The van der Waals surface area contributed by atoms with E-state index in [0.29, 0.717) is 16.3 Å². The van der Waals surface area contributed by atoms with Crippen molar-refractivity contribution in [2.75, 3.05) is 16.8 Å². The second-order valence-corrected chi connectivity index (χ2v) is 10.2. The van der Waals surface area contributed by atoms with Gasteiger partial charge in [0, 0.05) is 27.8 Å². The second kappa shape index (κ2) is 8.05. The van der Waals surface area contributed by atoms with Crippen LogP contribution in [0.5, 0.6) is 0 Å². The van der Waals surface area contributed by atoms with Crippen molar-refractivity contribution in [2.45, 2.75) is 38.6 Å². The molecule has 0 saturated carbocycles. The number of nitrogens with one attached hydrogen (secondary N) is 1. The maximum atomic E-state index is 13.2. The van der Waals surface area contributed by atoms with Crippen LogP contribution < -0.4 is 15.1 Å². The van der Waals surface area contributed by atoms with Crippen molar-refractivity contribution >= 4 is 62.8 Å². The molecule has 2 aliphatic rings. The van der Waals surface area contributed by atoms with E-state index in [1.165, 1.54) is 6.08 Å². The highest BCUT2D eigenvalue weighted by atomic mass is 79.9. The van der Waals surface area contributed by atoms with Crippen molar-refractivity contribution in [1.82, 2.24) is 5.32 Å². The molecular formula is C24H23BrClN3O3. The lowest BCUT2D eigenvalue weighted by Gasteiger charge is -2.45. The molecular weight excluding hydrogens is 494 g/mol. The van der Waals surface area contributed by atoms with Crippen LogP contribution in [0.25, 0.3) is 6.08 Å². The van der Waals surface area contributed by atoms with Crippen LogP contribution in [0, 0.1) is 0 Å². The first kappa shape index (κ1) is 22.6. The van der Waals surface area contributed by atoms with Gasteiger partial charge in [-0.15, -0.1) is 0 Å². The van der Waals surface area contributed by atoms with E-state index >= 15 is 0 Å². The molecule has 1 fully saturated rings.